The van der Waals surface area contributed by atoms with E-state index in [1.54, 1.807) is 26.1 Å². The zero-order valence-corrected chi connectivity index (χ0v) is 20.0. The highest BCUT2D eigenvalue weighted by Crippen LogP contribution is 2.40. The number of fused-ring (bicyclic) bond motifs is 1. The molecule has 0 amide bonds. The molecule has 0 radical (unpaired) electrons. The van der Waals surface area contributed by atoms with Crippen LogP contribution in [-0.2, 0) is 19.4 Å². The molecule has 4 aromatic rings. The van der Waals surface area contributed by atoms with E-state index in [0.29, 0.717) is 11.1 Å². The SMILES string of the molecule is CC(C)(c1cc(-c2cc(C=CC(=O)O)ccc2-c2ccccc2)c2ncccc2c1)S(C)(=O)=O. The van der Waals surface area contributed by atoms with E-state index in [9.17, 15) is 13.2 Å². The second-order valence-electron chi connectivity index (χ2n) is 8.72. The van der Waals surface area contributed by atoms with E-state index in [-0.39, 0.29) is 0 Å². The summed E-state index contributed by atoms with van der Waals surface area (Å²) in [5.41, 5.74) is 5.68. The first-order valence-corrected chi connectivity index (χ1v) is 12.7. The molecular weight excluding hydrogens is 446 g/mol. The minimum absolute atomic E-state index is 0.663. The maximum atomic E-state index is 12.6. The Morgan fingerprint density at radius 2 is 1.65 bits per heavy atom. The van der Waals surface area contributed by atoms with Crippen molar-refractivity contribution in [1.82, 2.24) is 4.98 Å². The van der Waals surface area contributed by atoms with Crippen LogP contribution >= 0.6 is 0 Å². The van der Waals surface area contributed by atoms with E-state index in [1.807, 2.05) is 72.8 Å². The zero-order chi connectivity index (χ0) is 24.5. The Morgan fingerprint density at radius 3 is 2.32 bits per heavy atom. The third kappa shape index (κ3) is 4.50. The number of nitrogens with zero attached hydrogens (tertiary/aromatic N) is 1. The van der Waals surface area contributed by atoms with Crippen molar-refractivity contribution in [3.05, 3.63) is 96.2 Å². The van der Waals surface area contributed by atoms with Crippen LogP contribution in [0.5, 0.6) is 0 Å². The summed E-state index contributed by atoms with van der Waals surface area (Å²) >= 11 is 0. The maximum Gasteiger partial charge on any atom is 0.328 e. The highest BCUT2D eigenvalue weighted by atomic mass is 32.2. The van der Waals surface area contributed by atoms with Crippen LogP contribution in [0.3, 0.4) is 0 Å². The zero-order valence-electron chi connectivity index (χ0n) is 19.2. The smallest absolute Gasteiger partial charge is 0.328 e. The fourth-order valence-corrected chi connectivity index (χ4v) is 4.43. The summed E-state index contributed by atoms with van der Waals surface area (Å²) in [7, 11) is -3.41. The normalized spacial score (nSPS) is 12.3. The highest BCUT2D eigenvalue weighted by Gasteiger charge is 2.33. The lowest BCUT2D eigenvalue weighted by Gasteiger charge is -2.25. The van der Waals surface area contributed by atoms with Crippen LogP contribution < -0.4 is 0 Å². The number of aromatic nitrogens is 1. The van der Waals surface area contributed by atoms with Gasteiger partial charge in [0.2, 0.25) is 0 Å². The molecule has 0 saturated heterocycles. The first-order valence-electron chi connectivity index (χ1n) is 10.8. The highest BCUT2D eigenvalue weighted by molar-refractivity contribution is 7.91. The van der Waals surface area contributed by atoms with Crippen LogP contribution in [0.15, 0.2) is 85.1 Å². The van der Waals surface area contributed by atoms with E-state index >= 15 is 0 Å². The van der Waals surface area contributed by atoms with Crippen molar-refractivity contribution in [2.45, 2.75) is 18.6 Å². The summed E-state index contributed by atoms with van der Waals surface area (Å²) in [6, 6.07) is 23.1. The Bertz CT molecular complexity index is 1520. The van der Waals surface area contributed by atoms with Crippen molar-refractivity contribution in [1.29, 1.82) is 0 Å². The predicted octanol–water partition coefficient (Wildman–Crippen LogP) is 5.95. The fourth-order valence-electron chi connectivity index (χ4n) is 3.88. The lowest BCUT2D eigenvalue weighted by molar-refractivity contribution is -0.131. The molecule has 4 rings (SSSR count). The lowest BCUT2D eigenvalue weighted by atomic mass is 9.88. The summed E-state index contributed by atoms with van der Waals surface area (Å²) < 4.78 is 24.2. The number of carboxylic acid groups (broad SMARTS) is 1. The molecule has 1 heterocycles. The summed E-state index contributed by atoms with van der Waals surface area (Å²) in [6.07, 6.45) is 5.60. The van der Waals surface area contributed by atoms with Gasteiger partial charge in [0.05, 0.1) is 10.3 Å². The Morgan fingerprint density at radius 1 is 0.912 bits per heavy atom. The largest absolute Gasteiger partial charge is 0.478 e. The molecule has 6 heteroatoms. The number of aliphatic carboxylic acids is 1. The number of benzene rings is 3. The summed E-state index contributed by atoms with van der Waals surface area (Å²) in [5.74, 6) is -1.03. The minimum atomic E-state index is -3.41. The molecule has 0 unspecified atom stereocenters. The molecule has 0 aliphatic rings. The minimum Gasteiger partial charge on any atom is -0.478 e. The number of rotatable bonds is 6. The third-order valence-corrected chi connectivity index (χ3v) is 8.25. The number of carboxylic acids is 1. The van der Waals surface area contributed by atoms with Crippen molar-refractivity contribution in [3.63, 3.8) is 0 Å². The molecule has 0 spiro atoms. The van der Waals surface area contributed by atoms with Gasteiger partial charge in [-0.1, -0.05) is 48.5 Å². The molecular formula is C28H25NO4S. The fraction of sp³-hybridized carbons (Fsp3) is 0.143. The van der Waals surface area contributed by atoms with Crippen LogP contribution in [0, 0.1) is 0 Å². The van der Waals surface area contributed by atoms with Crippen molar-refractivity contribution in [3.8, 4) is 22.3 Å². The number of hydrogen-bond acceptors (Lipinski definition) is 4. The average Bonchev–Trinajstić information content (AvgIpc) is 2.81. The van der Waals surface area contributed by atoms with Gasteiger partial charge in [0.1, 0.15) is 0 Å². The average molecular weight is 472 g/mol. The molecule has 1 N–H and O–H groups in total. The van der Waals surface area contributed by atoms with Gasteiger partial charge in [-0.15, -0.1) is 0 Å². The van der Waals surface area contributed by atoms with Crippen LogP contribution in [0.4, 0.5) is 0 Å². The summed E-state index contributed by atoms with van der Waals surface area (Å²) in [4.78, 5) is 15.7. The molecule has 0 aliphatic carbocycles. The molecule has 1 aromatic heterocycles. The third-order valence-electron chi connectivity index (χ3n) is 6.16. The first kappa shape index (κ1) is 23.4. The van der Waals surface area contributed by atoms with Crippen LogP contribution in [0.1, 0.15) is 25.0 Å². The number of sulfone groups is 1. The Kier molecular flexibility index (Phi) is 6.11. The lowest BCUT2D eigenvalue weighted by Crippen LogP contribution is -2.28. The molecule has 0 saturated carbocycles. The molecule has 34 heavy (non-hydrogen) atoms. The molecule has 5 nitrogen and oxygen atoms in total. The van der Waals surface area contributed by atoms with E-state index in [2.05, 4.69) is 4.98 Å². The Balaban J connectivity index is 2.08. The topological polar surface area (TPSA) is 84.3 Å². The number of carbonyl (C=O) groups is 1. The van der Waals surface area contributed by atoms with E-state index < -0.39 is 20.6 Å². The first-order chi connectivity index (χ1) is 16.1. The number of hydrogen-bond donors (Lipinski definition) is 1. The second kappa shape index (κ2) is 8.88. The van der Waals surface area contributed by atoms with Crippen LogP contribution in [0.2, 0.25) is 0 Å². The van der Waals surface area contributed by atoms with Gasteiger partial charge in [-0.25, -0.2) is 13.2 Å². The van der Waals surface area contributed by atoms with Crippen molar-refractivity contribution in [2.24, 2.45) is 0 Å². The molecule has 3 aromatic carbocycles. The monoisotopic (exact) mass is 471 g/mol. The van der Waals surface area contributed by atoms with Gasteiger partial charge in [-0.3, -0.25) is 4.98 Å². The van der Waals surface area contributed by atoms with E-state index in [1.165, 1.54) is 6.26 Å². The van der Waals surface area contributed by atoms with Gasteiger partial charge < -0.3 is 5.11 Å². The van der Waals surface area contributed by atoms with Crippen LogP contribution in [-0.4, -0.2) is 30.7 Å². The second-order valence-corrected chi connectivity index (χ2v) is 11.3. The molecule has 172 valence electrons. The van der Waals surface area contributed by atoms with E-state index in [4.69, 9.17) is 5.11 Å². The van der Waals surface area contributed by atoms with Gasteiger partial charge >= 0.3 is 5.97 Å². The predicted molar refractivity (Wildman–Crippen MR) is 137 cm³/mol. The summed E-state index contributed by atoms with van der Waals surface area (Å²) in [6.45, 7) is 3.40. The molecule has 0 bridgehead atoms. The Hall–Kier alpha value is -3.77. The van der Waals surface area contributed by atoms with Gasteiger partial charge in [0, 0.05) is 29.5 Å². The van der Waals surface area contributed by atoms with Gasteiger partial charge in [0.15, 0.2) is 9.84 Å². The van der Waals surface area contributed by atoms with Gasteiger partial charge in [-0.05, 0) is 72.0 Å². The summed E-state index contributed by atoms with van der Waals surface area (Å²) in [5, 5.41) is 9.91. The number of pyridine rings is 1. The van der Waals surface area contributed by atoms with Gasteiger partial charge in [0.25, 0.3) is 0 Å². The molecule has 0 atom stereocenters. The standard InChI is InChI=1S/C28H25NO4S/c1-28(2,34(3,32)33)22-17-21-10-7-15-29-27(21)25(18-22)24-16-19(12-14-26(30)31)11-13-23(24)20-8-5-4-6-9-20/h4-18H,1-3H3,(H,30,31). The van der Waals surface area contributed by atoms with Crippen molar-refractivity contribution < 1.29 is 18.3 Å². The quantitative estimate of drug-likeness (QED) is 0.352. The van der Waals surface area contributed by atoms with Crippen LogP contribution in [0.25, 0.3) is 39.2 Å². The molecule has 0 aliphatic heterocycles. The maximum absolute atomic E-state index is 12.6. The van der Waals surface area contributed by atoms with Crippen molar-refractivity contribution >= 4 is 32.8 Å². The Labute approximate surface area is 199 Å². The molecule has 0 fully saturated rings. The van der Waals surface area contributed by atoms with Crippen molar-refractivity contribution in [2.75, 3.05) is 6.26 Å². The van der Waals surface area contributed by atoms with Gasteiger partial charge in [-0.2, -0.15) is 0 Å². The van der Waals surface area contributed by atoms with E-state index in [0.717, 1.165) is 39.2 Å².